The van der Waals surface area contributed by atoms with Crippen molar-refractivity contribution in [3.8, 4) is 11.5 Å². The summed E-state index contributed by atoms with van der Waals surface area (Å²) in [5.74, 6) is 0.300. The molecule has 3 heterocycles. The van der Waals surface area contributed by atoms with Crippen LogP contribution in [-0.2, 0) is 17.7 Å². The van der Waals surface area contributed by atoms with E-state index in [4.69, 9.17) is 37.3 Å². The van der Waals surface area contributed by atoms with E-state index in [9.17, 15) is 9.59 Å². The molecule has 0 aromatic heterocycles. The molecule has 2 aromatic rings. The van der Waals surface area contributed by atoms with Gasteiger partial charge < -0.3 is 40.8 Å². The Morgan fingerprint density at radius 3 is 2.57 bits per heavy atom. The molecule has 3 aliphatic rings. The van der Waals surface area contributed by atoms with E-state index in [1.54, 1.807) is 37.2 Å². The monoisotopic (exact) mass is 624 g/mol. The Morgan fingerprint density at radius 2 is 1.89 bits per heavy atom. The highest BCUT2D eigenvalue weighted by Crippen LogP contribution is 2.35. The summed E-state index contributed by atoms with van der Waals surface area (Å²) in [6.45, 7) is 3.95. The van der Waals surface area contributed by atoms with Crippen molar-refractivity contribution in [1.29, 1.82) is 0 Å². The molecule has 5 rings (SSSR count). The minimum Gasteiger partial charge on any atom is -0.495 e. The Labute approximate surface area is 263 Å². The number of anilines is 1. The fraction of sp³-hybridized carbons (Fsp3) is 0.469. The lowest BCUT2D eigenvalue weighted by Crippen LogP contribution is -2.49. The number of likely N-dealkylation sites (tertiary alicyclic amines) is 1. The van der Waals surface area contributed by atoms with Gasteiger partial charge in [-0.25, -0.2) is 0 Å². The Bertz CT molecular complexity index is 1460. The van der Waals surface area contributed by atoms with E-state index in [1.807, 2.05) is 6.07 Å². The molecule has 11 nitrogen and oxygen atoms in total. The summed E-state index contributed by atoms with van der Waals surface area (Å²) >= 11 is 6.20. The van der Waals surface area contributed by atoms with Crippen LogP contribution in [0.5, 0.6) is 11.5 Å². The molecule has 0 aliphatic carbocycles. The number of rotatable bonds is 9. The predicted molar refractivity (Wildman–Crippen MR) is 170 cm³/mol. The highest BCUT2D eigenvalue weighted by atomic mass is 35.5. The van der Waals surface area contributed by atoms with Gasteiger partial charge in [0.05, 0.1) is 18.4 Å². The van der Waals surface area contributed by atoms with Gasteiger partial charge in [-0.15, -0.1) is 0 Å². The second-order valence-electron chi connectivity index (χ2n) is 11.5. The predicted octanol–water partition coefficient (Wildman–Crippen LogP) is 3.27. The van der Waals surface area contributed by atoms with Gasteiger partial charge in [0.25, 0.3) is 11.8 Å². The molecule has 2 amide bonds. The van der Waals surface area contributed by atoms with E-state index in [0.29, 0.717) is 41.6 Å². The van der Waals surface area contributed by atoms with Crippen molar-refractivity contribution in [3.05, 3.63) is 63.0 Å². The van der Waals surface area contributed by atoms with Crippen molar-refractivity contribution in [3.63, 3.8) is 0 Å². The Balaban J connectivity index is 1.39. The molecule has 2 saturated heterocycles. The number of nitrogens with one attached hydrogen (secondary N) is 1. The van der Waals surface area contributed by atoms with Gasteiger partial charge >= 0.3 is 0 Å². The molecule has 236 valence electrons. The van der Waals surface area contributed by atoms with Gasteiger partial charge in [0.1, 0.15) is 16.5 Å². The molecule has 0 radical (unpaired) electrons. The zero-order valence-electron chi connectivity index (χ0n) is 25.5. The first-order valence-electron chi connectivity index (χ1n) is 14.9. The average Bonchev–Trinajstić information content (AvgIpc) is 3.30. The molecule has 5 N–H and O–H groups in total. The number of hydrogen-bond acceptors (Lipinski definition) is 9. The van der Waals surface area contributed by atoms with Gasteiger partial charge in [-0.2, -0.15) is 0 Å². The SMILES string of the molecule is CN=C/C(Cl)=C(\N)Oc1cc(Cc2cc(N)c(OC)cc2C(=O)NC2CCN(C3CCOCC3)CC2)cc2c1C(=O)N(C)C2. The summed E-state index contributed by atoms with van der Waals surface area (Å²) in [7, 11) is 4.82. The van der Waals surface area contributed by atoms with E-state index in [0.717, 1.165) is 68.7 Å². The number of nitrogen functional groups attached to an aromatic ring is 1. The molecule has 44 heavy (non-hydrogen) atoms. The highest BCUT2D eigenvalue weighted by molar-refractivity contribution is 6.39. The van der Waals surface area contributed by atoms with Crippen molar-refractivity contribution in [2.24, 2.45) is 10.7 Å². The largest absolute Gasteiger partial charge is 0.495 e. The third-order valence-electron chi connectivity index (χ3n) is 8.58. The lowest BCUT2D eigenvalue weighted by molar-refractivity contribution is 0.0238. The minimum absolute atomic E-state index is 0.0720. The van der Waals surface area contributed by atoms with Gasteiger partial charge in [0, 0.05) is 70.8 Å². The van der Waals surface area contributed by atoms with Crippen LogP contribution >= 0.6 is 11.6 Å². The number of carbonyl (C=O) groups excluding carboxylic acids is 2. The number of allylic oxidation sites excluding steroid dienone is 1. The van der Waals surface area contributed by atoms with Crippen LogP contribution in [0.2, 0.25) is 0 Å². The Hall–Kier alpha value is -3.80. The Morgan fingerprint density at radius 1 is 1.16 bits per heavy atom. The number of nitrogens with two attached hydrogens (primary N) is 2. The van der Waals surface area contributed by atoms with Gasteiger partial charge in [0.15, 0.2) is 0 Å². The van der Waals surface area contributed by atoms with Crippen LogP contribution in [0.3, 0.4) is 0 Å². The topological polar surface area (TPSA) is 145 Å². The maximum absolute atomic E-state index is 13.7. The second-order valence-corrected chi connectivity index (χ2v) is 12.0. The third-order valence-corrected chi connectivity index (χ3v) is 8.86. The maximum Gasteiger partial charge on any atom is 0.258 e. The number of aliphatic imine (C=N–C) groups is 1. The summed E-state index contributed by atoms with van der Waals surface area (Å²) in [6.07, 6.45) is 5.63. The highest BCUT2D eigenvalue weighted by Gasteiger charge is 2.31. The van der Waals surface area contributed by atoms with Crippen LogP contribution in [0.4, 0.5) is 5.69 Å². The number of amides is 2. The standard InChI is InChI=1S/C32H41ClN6O5/c1-36-17-25(33)30(35)44-28-14-19(13-21-18-38(2)32(41)29(21)28)12-20-15-26(34)27(42-3)16-24(20)31(40)37-22-4-8-39(9-5-22)23-6-10-43-11-7-23/h13-17,22-23H,4-12,18,34-35H2,1-3H3,(H,37,40)/b30-25-,36-17?. The van der Waals surface area contributed by atoms with Gasteiger partial charge in [0.2, 0.25) is 5.88 Å². The number of piperidine rings is 1. The van der Waals surface area contributed by atoms with Crippen LogP contribution in [0.1, 0.15) is 63.1 Å². The van der Waals surface area contributed by atoms with Crippen molar-refractivity contribution >= 4 is 35.3 Å². The number of benzene rings is 2. The number of halogens is 1. The van der Waals surface area contributed by atoms with Crippen LogP contribution in [0, 0.1) is 0 Å². The number of hydrogen-bond donors (Lipinski definition) is 3. The summed E-state index contributed by atoms with van der Waals surface area (Å²) in [6, 6.07) is 7.81. The smallest absolute Gasteiger partial charge is 0.258 e. The van der Waals surface area contributed by atoms with E-state index in [2.05, 4.69) is 15.2 Å². The number of nitrogens with zero attached hydrogens (tertiary/aromatic N) is 3. The van der Waals surface area contributed by atoms with Crippen LogP contribution in [-0.4, -0.2) is 87.4 Å². The quantitative estimate of drug-likeness (QED) is 0.219. The summed E-state index contributed by atoms with van der Waals surface area (Å²) in [5.41, 5.74) is 16.1. The first-order chi connectivity index (χ1) is 21.2. The molecule has 12 heteroatoms. The van der Waals surface area contributed by atoms with E-state index >= 15 is 0 Å². The second kappa shape index (κ2) is 13.9. The van der Waals surface area contributed by atoms with E-state index < -0.39 is 0 Å². The number of ether oxygens (including phenoxy) is 3. The van der Waals surface area contributed by atoms with Crippen molar-refractivity contribution in [2.75, 3.05) is 53.2 Å². The fourth-order valence-electron chi connectivity index (χ4n) is 6.27. The molecule has 0 saturated carbocycles. The van der Waals surface area contributed by atoms with Crippen molar-refractivity contribution in [2.45, 2.75) is 50.7 Å². The number of methoxy groups -OCH3 is 1. The number of fused-ring (bicyclic) bond motifs is 1. The Kier molecular flexibility index (Phi) is 9.97. The zero-order chi connectivity index (χ0) is 31.4. The first kappa shape index (κ1) is 31.6. The molecule has 2 aromatic carbocycles. The zero-order valence-corrected chi connectivity index (χ0v) is 26.3. The normalized spacial score (nSPS) is 18.8. The summed E-state index contributed by atoms with van der Waals surface area (Å²) < 4.78 is 16.9. The van der Waals surface area contributed by atoms with Crippen LogP contribution in [0.25, 0.3) is 0 Å². The van der Waals surface area contributed by atoms with Gasteiger partial charge in [-0.3, -0.25) is 14.6 Å². The molecule has 0 spiro atoms. The maximum atomic E-state index is 13.7. The molecular formula is C32H41ClN6O5. The molecular weight excluding hydrogens is 584 g/mol. The average molecular weight is 625 g/mol. The molecule has 0 unspecified atom stereocenters. The first-order valence-corrected chi connectivity index (χ1v) is 15.3. The third kappa shape index (κ3) is 6.95. The van der Waals surface area contributed by atoms with Gasteiger partial charge in [-0.05, 0) is 67.0 Å². The summed E-state index contributed by atoms with van der Waals surface area (Å²) in [5, 5.41) is 3.38. The lowest BCUT2D eigenvalue weighted by Gasteiger charge is -2.39. The van der Waals surface area contributed by atoms with Crippen LogP contribution in [0.15, 0.2) is 40.2 Å². The lowest BCUT2D eigenvalue weighted by atomic mass is 9.94. The fourth-order valence-corrected chi connectivity index (χ4v) is 6.41. The van der Waals surface area contributed by atoms with Gasteiger partial charge in [-0.1, -0.05) is 17.7 Å². The molecule has 2 fully saturated rings. The summed E-state index contributed by atoms with van der Waals surface area (Å²) in [4.78, 5) is 34.7. The van der Waals surface area contributed by atoms with Crippen molar-refractivity contribution < 1.29 is 23.8 Å². The molecule has 3 aliphatic heterocycles. The minimum atomic E-state index is -0.175. The molecule has 0 bridgehead atoms. The number of carbonyl (C=O) groups is 2. The van der Waals surface area contributed by atoms with Crippen molar-refractivity contribution in [1.82, 2.24) is 15.1 Å². The van der Waals surface area contributed by atoms with Crippen LogP contribution < -0.4 is 26.3 Å². The van der Waals surface area contributed by atoms with E-state index in [1.165, 1.54) is 13.3 Å². The van der Waals surface area contributed by atoms with E-state index in [-0.39, 0.29) is 34.5 Å². The molecule has 0 atom stereocenters.